The molecule has 2 atom stereocenters. The molecule has 0 bridgehead atoms. The second-order valence-corrected chi connectivity index (χ2v) is 5.50. The van der Waals surface area contributed by atoms with Gasteiger partial charge in [-0.15, -0.1) is 0 Å². The number of esters is 1. The van der Waals surface area contributed by atoms with E-state index in [0.29, 0.717) is 0 Å². The smallest absolute Gasteiger partial charge is 0.401 e. The fourth-order valence-electron chi connectivity index (χ4n) is 2.24. The van der Waals surface area contributed by atoms with Gasteiger partial charge >= 0.3 is 12.1 Å². The topological polar surface area (TPSA) is 84.3 Å². The summed E-state index contributed by atoms with van der Waals surface area (Å²) in [5.41, 5.74) is 9.29. The highest BCUT2D eigenvalue weighted by Crippen LogP contribution is 2.28. The number of hydrogen-bond acceptors (Lipinski definition) is 4. The molecule has 0 amide bonds. The highest BCUT2D eigenvalue weighted by atomic mass is 19.4. The normalized spacial score (nSPS) is 13.3. The Balaban J connectivity index is 2.13. The lowest BCUT2D eigenvalue weighted by atomic mass is 10.1. The van der Waals surface area contributed by atoms with Crippen molar-refractivity contribution in [1.82, 2.24) is 0 Å². The molecule has 0 aliphatic carbocycles. The van der Waals surface area contributed by atoms with E-state index in [1.165, 1.54) is 12.1 Å². The largest absolute Gasteiger partial charge is 0.456 e. The maximum absolute atomic E-state index is 13.2. The molecule has 6 nitrogen and oxygen atoms in total. The van der Waals surface area contributed by atoms with Gasteiger partial charge in [0.05, 0.1) is 18.8 Å². The van der Waals surface area contributed by atoms with Gasteiger partial charge in [0.1, 0.15) is 6.10 Å². The summed E-state index contributed by atoms with van der Waals surface area (Å²) >= 11 is 0. The molecule has 0 heterocycles. The number of hydrogen-bond donors (Lipinski definition) is 0. The molecule has 27 heavy (non-hydrogen) atoms. The Morgan fingerprint density at radius 3 is 2.22 bits per heavy atom. The third kappa shape index (κ3) is 6.32. The van der Waals surface area contributed by atoms with Crippen LogP contribution in [0.1, 0.15) is 15.9 Å². The van der Waals surface area contributed by atoms with Crippen LogP contribution in [0.5, 0.6) is 0 Å². The van der Waals surface area contributed by atoms with Crippen LogP contribution >= 0.6 is 0 Å². The van der Waals surface area contributed by atoms with Gasteiger partial charge in [-0.05, 0) is 23.2 Å². The van der Waals surface area contributed by atoms with Crippen LogP contribution < -0.4 is 0 Å². The third-order valence-corrected chi connectivity index (χ3v) is 3.53. The van der Waals surface area contributed by atoms with Crippen molar-refractivity contribution in [2.75, 3.05) is 6.61 Å². The first-order chi connectivity index (χ1) is 12.9. The minimum Gasteiger partial charge on any atom is -0.456 e. The van der Waals surface area contributed by atoms with Gasteiger partial charge in [0.2, 0.25) is 0 Å². The van der Waals surface area contributed by atoms with Crippen LogP contribution in [0.25, 0.3) is 10.4 Å². The van der Waals surface area contributed by atoms with E-state index in [9.17, 15) is 18.0 Å². The van der Waals surface area contributed by atoms with E-state index in [-0.39, 0.29) is 12.2 Å². The van der Waals surface area contributed by atoms with Crippen molar-refractivity contribution in [3.8, 4) is 0 Å². The van der Waals surface area contributed by atoms with Gasteiger partial charge in [-0.1, -0.05) is 53.6 Å². The van der Waals surface area contributed by atoms with Crippen LogP contribution in [0, 0.1) is 0 Å². The van der Waals surface area contributed by atoms with Crippen molar-refractivity contribution < 1.29 is 27.4 Å². The minimum absolute atomic E-state index is 0.0150. The zero-order valence-electron chi connectivity index (χ0n) is 14.0. The average molecular weight is 379 g/mol. The van der Waals surface area contributed by atoms with Crippen LogP contribution in [0.4, 0.5) is 13.2 Å². The summed E-state index contributed by atoms with van der Waals surface area (Å²) < 4.78 is 50.0. The number of carbonyl (C=O) groups excluding carboxylic acids is 1. The van der Waals surface area contributed by atoms with Crippen molar-refractivity contribution in [1.29, 1.82) is 0 Å². The first kappa shape index (κ1) is 20.3. The van der Waals surface area contributed by atoms with Crippen molar-refractivity contribution in [3.05, 3.63) is 82.2 Å². The molecular formula is C18H16F3N3O3. The summed E-state index contributed by atoms with van der Waals surface area (Å²) in [6.45, 7) is -0.572. The van der Waals surface area contributed by atoms with E-state index < -0.39 is 30.9 Å². The van der Waals surface area contributed by atoms with E-state index in [1.54, 1.807) is 48.5 Å². The van der Waals surface area contributed by atoms with Gasteiger partial charge in [-0.2, -0.15) is 13.2 Å². The Labute approximate surface area is 153 Å². The fraction of sp³-hybridized carbons (Fsp3) is 0.278. The number of ether oxygens (including phenoxy) is 2. The van der Waals surface area contributed by atoms with E-state index in [4.69, 9.17) is 15.0 Å². The van der Waals surface area contributed by atoms with Crippen LogP contribution in [-0.2, 0) is 16.1 Å². The minimum atomic E-state index is -4.90. The average Bonchev–Trinajstić information content (AvgIpc) is 2.66. The maximum atomic E-state index is 13.2. The van der Waals surface area contributed by atoms with Gasteiger partial charge in [0.25, 0.3) is 0 Å². The molecule has 0 fully saturated rings. The number of alkyl halides is 3. The summed E-state index contributed by atoms with van der Waals surface area (Å²) in [5, 5.41) is 2.77. The number of benzene rings is 2. The molecule has 0 radical (unpaired) electrons. The molecule has 0 aliphatic rings. The predicted octanol–water partition coefficient (Wildman–Crippen LogP) is 4.67. The summed E-state index contributed by atoms with van der Waals surface area (Å²) in [6, 6.07) is 13.8. The summed E-state index contributed by atoms with van der Waals surface area (Å²) in [6.07, 6.45) is -6.72. The molecule has 142 valence electrons. The molecule has 9 heteroatoms. The second kappa shape index (κ2) is 9.61. The summed E-state index contributed by atoms with van der Waals surface area (Å²) in [5.74, 6) is -0.966. The lowest BCUT2D eigenvalue weighted by molar-refractivity contribution is -0.175. The Morgan fingerprint density at radius 1 is 1.07 bits per heavy atom. The third-order valence-electron chi connectivity index (χ3n) is 3.53. The van der Waals surface area contributed by atoms with E-state index >= 15 is 0 Å². The highest BCUT2D eigenvalue weighted by Gasteiger charge is 2.46. The molecule has 0 saturated carbocycles. The van der Waals surface area contributed by atoms with Crippen molar-refractivity contribution in [3.63, 3.8) is 0 Å². The number of nitrogens with zero attached hydrogens (tertiary/aromatic N) is 3. The molecule has 0 N–H and O–H groups in total. The fourth-order valence-corrected chi connectivity index (χ4v) is 2.24. The Bertz CT molecular complexity index is 779. The number of azide groups is 1. The quantitative estimate of drug-likeness (QED) is 0.289. The summed E-state index contributed by atoms with van der Waals surface area (Å²) in [4.78, 5) is 14.4. The van der Waals surface area contributed by atoms with Crippen molar-refractivity contribution >= 4 is 5.97 Å². The number of rotatable bonds is 8. The molecule has 2 rings (SSSR count). The predicted molar refractivity (Wildman–Crippen MR) is 90.7 cm³/mol. The van der Waals surface area contributed by atoms with Crippen LogP contribution in [0.15, 0.2) is 65.8 Å². The molecule has 0 aliphatic heterocycles. The van der Waals surface area contributed by atoms with E-state index in [1.807, 2.05) is 0 Å². The monoisotopic (exact) mass is 379 g/mol. The SMILES string of the molecule is [N-]=[N+]=N[C@H]([C@H](COCc1ccccc1)OC(=O)c1ccccc1)C(F)(F)F. The first-order valence-electron chi connectivity index (χ1n) is 7.90. The van der Waals surface area contributed by atoms with Gasteiger partial charge in [0.15, 0.2) is 6.04 Å². The van der Waals surface area contributed by atoms with Crippen LogP contribution in [-0.4, -0.2) is 30.9 Å². The van der Waals surface area contributed by atoms with Crippen LogP contribution in [0.3, 0.4) is 0 Å². The van der Waals surface area contributed by atoms with E-state index in [2.05, 4.69) is 10.0 Å². The Morgan fingerprint density at radius 2 is 1.67 bits per heavy atom. The Hall–Kier alpha value is -3.03. The Kier molecular flexibility index (Phi) is 7.22. The van der Waals surface area contributed by atoms with Gasteiger partial charge in [0, 0.05) is 4.91 Å². The molecule has 2 aromatic rings. The second-order valence-electron chi connectivity index (χ2n) is 5.50. The van der Waals surface area contributed by atoms with Crippen molar-refractivity contribution in [2.45, 2.75) is 24.9 Å². The molecule has 2 aromatic carbocycles. The zero-order chi connectivity index (χ0) is 19.7. The van der Waals surface area contributed by atoms with E-state index in [0.717, 1.165) is 5.56 Å². The van der Waals surface area contributed by atoms with Gasteiger partial charge < -0.3 is 9.47 Å². The lowest BCUT2D eigenvalue weighted by Gasteiger charge is -2.25. The molecule has 0 spiro atoms. The maximum Gasteiger partial charge on any atom is 0.401 e. The van der Waals surface area contributed by atoms with Crippen molar-refractivity contribution in [2.24, 2.45) is 5.11 Å². The molecule has 0 aromatic heterocycles. The lowest BCUT2D eigenvalue weighted by Crippen LogP contribution is -2.43. The van der Waals surface area contributed by atoms with Gasteiger partial charge in [-0.25, -0.2) is 4.79 Å². The first-order valence-corrected chi connectivity index (χ1v) is 7.90. The highest BCUT2D eigenvalue weighted by molar-refractivity contribution is 5.89. The van der Waals surface area contributed by atoms with Crippen LogP contribution in [0.2, 0.25) is 0 Å². The zero-order valence-corrected chi connectivity index (χ0v) is 14.0. The molecular weight excluding hydrogens is 363 g/mol. The summed E-state index contributed by atoms with van der Waals surface area (Å²) in [7, 11) is 0. The molecule has 0 unspecified atom stereocenters. The number of carbonyl (C=O) groups is 1. The number of halogens is 3. The standard InChI is InChI=1S/C18H16F3N3O3/c19-18(20,21)16(23-24-22)15(12-26-11-13-7-3-1-4-8-13)27-17(25)14-9-5-2-6-10-14/h1-10,15-16H,11-12H2/t15-,16+/m0/s1. The van der Waals surface area contributed by atoms with Gasteiger partial charge in [-0.3, -0.25) is 0 Å². The molecule has 0 saturated heterocycles.